The van der Waals surface area contributed by atoms with Crippen molar-refractivity contribution in [1.82, 2.24) is 10.2 Å². The van der Waals surface area contributed by atoms with Crippen LogP contribution in [0.3, 0.4) is 0 Å². The summed E-state index contributed by atoms with van der Waals surface area (Å²) in [6, 6.07) is 0.742. The first-order valence-corrected chi connectivity index (χ1v) is 7.22. The molecule has 1 rings (SSSR count). The van der Waals surface area contributed by atoms with Gasteiger partial charge in [-0.2, -0.15) is 0 Å². The smallest absolute Gasteiger partial charge is 0.0195 e. The summed E-state index contributed by atoms with van der Waals surface area (Å²) >= 11 is 0. The number of hydrogen-bond acceptors (Lipinski definition) is 2. The summed E-state index contributed by atoms with van der Waals surface area (Å²) in [5.41, 5.74) is 0. The van der Waals surface area contributed by atoms with E-state index in [0.717, 1.165) is 12.0 Å². The van der Waals surface area contributed by atoms with Crippen molar-refractivity contribution in [2.24, 2.45) is 5.92 Å². The van der Waals surface area contributed by atoms with Crippen LogP contribution < -0.4 is 5.32 Å². The molecule has 96 valence electrons. The van der Waals surface area contributed by atoms with Crippen molar-refractivity contribution >= 4 is 0 Å². The van der Waals surface area contributed by atoms with E-state index in [-0.39, 0.29) is 0 Å². The predicted molar refractivity (Wildman–Crippen MR) is 71.8 cm³/mol. The van der Waals surface area contributed by atoms with Gasteiger partial charge >= 0.3 is 0 Å². The Morgan fingerprint density at radius 2 is 2.06 bits per heavy atom. The molecule has 0 aromatic carbocycles. The van der Waals surface area contributed by atoms with Gasteiger partial charge in [0.05, 0.1) is 0 Å². The first-order chi connectivity index (χ1) is 7.76. The summed E-state index contributed by atoms with van der Waals surface area (Å²) < 4.78 is 0. The summed E-state index contributed by atoms with van der Waals surface area (Å²) in [4.78, 5) is 2.62. The van der Waals surface area contributed by atoms with Crippen molar-refractivity contribution in [2.45, 2.75) is 58.9 Å². The van der Waals surface area contributed by atoms with Crippen molar-refractivity contribution in [3.05, 3.63) is 0 Å². The molecule has 1 fully saturated rings. The molecule has 1 aliphatic rings. The lowest BCUT2D eigenvalue weighted by Gasteiger charge is -2.28. The summed E-state index contributed by atoms with van der Waals surface area (Å²) in [5, 5.41) is 3.70. The maximum Gasteiger partial charge on any atom is 0.0195 e. The molecule has 1 aliphatic heterocycles. The Hall–Kier alpha value is -0.0800. The molecule has 16 heavy (non-hydrogen) atoms. The number of rotatable bonds is 6. The van der Waals surface area contributed by atoms with Gasteiger partial charge in [-0.1, -0.05) is 40.0 Å². The Morgan fingerprint density at radius 3 is 2.75 bits per heavy atom. The first-order valence-electron chi connectivity index (χ1n) is 7.22. The van der Waals surface area contributed by atoms with E-state index in [0.29, 0.717) is 0 Å². The molecule has 0 amide bonds. The van der Waals surface area contributed by atoms with Gasteiger partial charge in [0, 0.05) is 19.1 Å². The van der Waals surface area contributed by atoms with Crippen LogP contribution in [0.2, 0.25) is 0 Å². The second-order valence-electron chi connectivity index (χ2n) is 5.37. The van der Waals surface area contributed by atoms with E-state index in [1.54, 1.807) is 0 Å². The molecule has 0 aromatic rings. The molecule has 1 saturated heterocycles. The summed E-state index contributed by atoms with van der Waals surface area (Å²) in [6.07, 6.45) is 6.87. The third-order valence-electron chi connectivity index (χ3n) is 3.85. The second-order valence-corrected chi connectivity index (χ2v) is 5.37. The Kier molecular flexibility index (Phi) is 7.06. The number of nitrogens with zero attached hydrogens (tertiary/aromatic N) is 1. The molecule has 0 aromatic heterocycles. The minimum absolute atomic E-state index is 0.742. The minimum atomic E-state index is 0.742. The Labute approximate surface area is 102 Å². The highest BCUT2D eigenvalue weighted by atomic mass is 15.1. The van der Waals surface area contributed by atoms with Gasteiger partial charge in [0.25, 0.3) is 0 Å². The Morgan fingerprint density at radius 1 is 1.25 bits per heavy atom. The van der Waals surface area contributed by atoms with Crippen molar-refractivity contribution in [1.29, 1.82) is 0 Å². The van der Waals surface area contributed by atoms with Crippen LogP contribution in [-0.4, -0.2) is 37.1 Å². The molecule has 0 spiro atoms. The summed E-state index contributed by atoms with van der Waals surface area (Å²) in [7, 11) is 0. The molecule has 1 heterocycles. The van der Waals surface area contributed by atoms with Gasteiger partial charge in [0.15, 0.2) is 0 Å². The van der Waals surface area contributed by atoms with E-state index in [2.05, 4.69) is 31.0 Å². The van der Waals surface area contributed by atoms with E-state index in [1.165, 1.54) is 58.3 Å². The average Bonchev–Trinajstić information content (AvgIpc) is 2.56. The number of nitrogens with one attached hydrogen (secondary N) is 1. The zero-order valence-corrected chi connectivity index (χ0v) is 11.5. The molecule has 2 heteroatoms. The quantitative estimate of drug-likeness (QED) is 0.749. The van der Waals surface area contributed by atoms with Gasteiger partial charge in [0.2, 0.25) is 0 Å². The zero-order valence-electron chi connectivity index (χ0n) is 11.5. The molecular formula is C14H30N2. The predicted octanol–water partition coefficient (Wildman–Crippen LogP) is 2.89. The van der Waals surface area contributed by atoms with Gasteiger partial charge in [-0.15, -0.1) is 0 Å². The Balaban J connectivity index is 2.29. The zero-order chi connectivity index (χ0) is 11.8. The maximum atomic E-state index is 3.70. The number of hydrogen-bond donors (Lipinski definition) is 1. The van der Waals surface area contributed by atoms with Crippen LogP contribution in [-0.2, 0) is 0 Å². The standard InChI is InChI=1S/C14H30N2/c1-4-13(3)11-16(5-2)12-14-9-7-6-8-10-15-14/h13-15H,4-12H2,1-3H3. The summed E-state index contributed by atoms with van der Waals surface area (Å²) in [5.74, 6) is 0.839. The fraction of sp³-hybridized carbons (Fsp3) is 1.00. The summed E-state index contributed by atoms with van der Waals surface area (Å²) in [6.45, 7) is 11.9. The fourth-order valence-corrected chi connectivity index (χ4v) is 2.47. The monoisotopic (exact) mass is 226 g/mol. The largest absolute Gasteiger partial charge is 0.313 e. The van der Waals surface area contributed by atoms with Crippen LogP contribution in [0.5, 0.6) is 0 Å². The lowest BCUT2D eigenvalue weighted by Crippen LogP contribution is -2.42. The molecule has 0 saturated carbocycles. The second kappa shape index (κ2) is 8.08. The lowest BCUT2D eigenvalue weighted by atomic mass is 10.1. The lowest BCUT2D eigenvalue weighted by molar-refractivity contribution is 0.218. The SMILES string of the molecule is CCC(C)CN(CC)CC1CCCCCN1. The maximum absolute atomic E-state index is 3.70. The van der Waals surface area contributed by atoms with Crippen LogP contribution in [0, 0.1) is 5.92 Å². The average molecular weight is 226 g/mol. The molecule has 0 bridgehead atoms. The van der Waals surface area contributed by atoms with E-state index < -0.39 is 0 Å². The van der Waals surface area contributed by atoms with Crippen LogP contribution in [0.1, 0.15) is 52.9 Å². The topological polar surface area (TPSA) is 15.3 Å². The highest BCUT2D eigenvalue weighted by Gasteiger charge is 2.15. The van der Waals surface area contributed by atoms with Gasteiger partial charge in [-0.3, -0.25) is 0 Å². The molecule has 1 N–H and O–H groups in total. The van der Waals surface area contributed by atoms with Crippen molar-refractivity contribution in [2.75, 3.05) is 26.2 Å². The first kappa shape index (κ1) is 14.0. The van der Waals surface area contributed by atoms with Gasteiger partial charge in [0.1, 0.15) is 0 Å². The van der Waals surface area contributed by atoms with E-state index >= 15 is 0 Å². The molecule has 2 atom stereocenters. The minimum Gasteiger partial charge on any atom is -0.313 e. The molecule has 2 nitrogen and oxygen atoms in total. The van der Waals surface area contributed by atoms with Crippen LogP contribution in [0.15, 0.2) is 0 Å². The normalized spacial score (nSPS) is 24.4. The number of likely N-dealkylation sites (N-methyl/N-ethyl adjacent to an activating group) is 1. The van der Waals surface area contributed by atoms with Crippen molar-refractivity contribution in [3.63, 3.8) is 0 Å². The van der Waals surface area contributed by atoms with E-state index in [1.807, 2.05) is 0 Å². The Bertz CT molecular complexity index is 162. The van der Waals surface area contributed by atoms with Gasteiger partial charge in [-0.05, 0) is 31.8 Å². The van der Waals surface area contributed by atoms with Crippen LogP contribution >= 0.6 is 0 Å². The van der Waals surface area contributed by atoms with E-state index in [9.17, 15) is 0 Å². The van der Waals surface area contributed by atoms with Gasteiger partial charge in [-0.25, -0.2) is 0 Å². The van der Waals surface area contributed by atoms with Crippen LogP contribution in [0.25, 0.3) is 0 Å². The molecule has 0 radical (unpaired) electrons. The fourth-order valence-electron chi connectivity index (χ4n) is 2.47. The third-order valence-corrected chi connectivity index (χ3v) is 3.85. The van der Waals surface area contributed by atoms with Crippen molar-refractivity contribution in [3.8, 4) is 0 Å². The molecule has 2 unspecified atom stereocenters. The highest BCUT2D eigenvalue weighted by molar-refractivity contribution is 4.75. The molecular weight excluding hydrogens is 196 g/mol. The van der Waals surface area contributed by atoms with Gasteiger partial charge < -0.3 is 10.2 Å². The van der Waals surface area contributed by atoms with E-state index in [4.69, 9.17) is 0 Å². The molecule has 0 aliphatic carbocycles. The highest BCUT2D eigenvalue weighted by Crippen LogP contribution is 2.11. The third kappa shape index (κ3) is 5.31. The van der Waals surface area contributed by atoms with Crippen LogP contribution in [0.4, 0.5) is 0 Å². The van der Waals surface area contributed by atoms with Crippen molar-refractivity contribution < 1.29 is 0 Å².